The van der Waals surface area contributed by atoms with Crippen LogP contribution in [0.1, 0.15) is 46.0 Å². The summed E-state index contributed by atoms with van der Waals surface area (Å²) in [6, 6.07) is 0. The molecule has 0 bridgehead atoms. The number of ether oxygens (including phenoxy) is 1. The number of aliphatic imine (C=N–C) groups is 1. The fourth-order valence-electron chi connectivity index (χ4n) is 3.98. The first kappa shape index (κ1) is 20.5. The summed E-state index contributed by atoms with van der Waals surface area (Å²) in [5.74, 6) is 1.08. The van der Waals surface area contributed by atoms with Crippen molar-refractivity contribution in [2.45, 2.75) is 46.0 Å². The van der Waals surface area contributed by atoms with Crippen molar-refractivity contribution in [1.29, 1.82) is 0 Å². The zero-order chi connectivity index (χ0) is 16.2. The zero-order valence-electron chi connectivity index (χ0n) is 14.9. The minimum atomic E-state index is -0.105. The molecule has 1 saturated heterocycles. The third-order valence-corrected chi connectivity index (χ3v) is 5.66. The average Bonchev–Trinajstić information content (AvgIpc) is 3.15. The Kier molecular flexibility index (Phi) is 8.10. The van der Waals surface area contributed by atoms with E-state index in [-0.39, 0.29) is 35.9 Å². The second kappa shape index (κ2) is 9.08. The summed E-state index contributed by atoms with van der Waals surface area (Å²) >= 11 is 0. The van der Waals surface area contributed by atoms with Crippen LogP contribution in [0.3, 0.4) is 0 Å². The van der Waals surface area contributed by atoms with Gasteiger partial charge in [0.05, 0.1) is 13.0 Å². The van der Waals surface area contributed by atoms with Crippen LogP contribution in [0.2, 0.25) is 0 Å². The molecule has 0 aromatic heterocycles. The van der Waals surface area contributed by atoms with E-state index in [0.717, 1.165) is 19.0 Å². The first-order valence-electron chi connectivity index (χ1n) is 8.58. The van der Waals surface area contributed by atoms with E-state index in [1.165, 1.54) is 39.2 Å². The molecule has 1 aliphatic heterocycles. The minimum absolute atomic E-state index is 0. The van der Waals surface area contributed by atoms with Crippen LogP contribution in [-0.2, 0) is 9.53 Å². The maximum atomic E-state index is 11.8. The first-order valence-corrected chi connectivity index (χ1v) is 8.58. The number of methoxy groups -OCH3 is 1. The van der Waals surface area contributed by atoms with E-state index in [0.29, 0.717) is 17.9 Å². The van der Waals surface area contributed by atoms with Gasteiger partial charge in [-0.05, 0) is 30.6 Å². The number of carbonyl (C=O) groups excluding carboxylic acids is 1. The molecule has 2 atom stereocenters. The van der Waals surface area contributed by atoms with E-state index in [9.17, 15) is 4.79 Å². The summed E-state index contributed by atoms with van der Waals surface area (Å²) in [5, 5.41) is 3.57. The Hall–Kier alpha value is -0.530. The molecular weight excluding hydrogens is 405 g/mol. The summed E-state index contributed by atoms with van der Waals surface area (Å²) in [4.78, 5) is 18.5. The van der Waals surface area contributed by atoms with Gasteiger partial charge < -0.3 is 15.0 Å². The van der Waals surface area contributed by atoms with Gasteiger partial charge in [-0.3, -0.25) is 9.79 Å². The number of esters is 1. The highest BCUT2D eigenvalue weighted by Crippen LogP contribution is 2.40. The lowest BCUT2D eigenvalue weighted by molar-refractivity contribution is -0.145. The predicted molar refractivity (Wildman–Crippen MR) is 104 cm³/mol. The largest absolute Gasteiger partial charge is 0.469 e. The lowest BCUT2D eigenvalue weighted by Crippen LogP contribution is -2.44. The number of nitrogens with one attached hydrogen (secondary N) is 1. The molecule has 2 aliphatic rings. The number of nitrogens with zero attached hydrogens (tertiary/aromatic N) is 2. The van der Waals surface area contributed by atoms with Gasteiger partial charge in [0.15, 0.2) is 5.96 Å². The molecule has 0 radical (unpaired) electrons. The number of carbonyl (C=O) groups is 1. The summed E-state index contributed by atoms with van der Waals surface area (Å²) in [6.07, 6.45) is 6.54. The molecule has 5 nitrogen and oxygen atoms in total. The van der Waals surface area contributed by atoms with E-state index in [1.807, 2.05) is 7.05 Å². The molecule has 134 valence electrons. The fraction of sp³-hybridized carbons (Fsp3) is 0.882. The van der Waals surface area contributed by atoms with Crippen LogP contribution in [0.4, 0.5) is 0 Å². The van der Waals surface area contributed by atoms with Crippen LogP contribution >= 0.6 is 24.0 Å². The molecule has 0 spiro atoms. The van der Waals surface area contributed by atoms with Crippen molar-refractivity contribution in [3.63, 3.8) is 0 Å². The Morgan fingerprint density at radius 2 is 2.00 bits per heavy atom. The van der Waals surface area contributed by atoms with Crippen LogP contribution in [0.5, 0.6) is 0 Å². The normalized spacial score (nSPS) is 26.8. The van der Waals surface area contributed by atoms with Gasteiger partial charge in [0, 0.05) is 26.7 Å². The number of hydrogen-bond donors (Lipinski definition) is 1. The SMILES string of the molecule is CCC1(CNC(=NC)N2CC(C)C(C(=O)OC)C2)CCCC1.I. The van der Waals surface area contributed by atoms with Crippen LogP contribution in [-0.4, -0.2) is 50.6 Å². The maximum Gasteiger partial charge on any atom is 0.310 e. The molecule has 0 aromatic rings. The van der Waals surface area contributed by atoms with E-state index in [4.69, 9.17) is 4.74 Å². The maximum absolute atomic E-state index is 11.8. The van der Waals surface area contributed by atoms with Gasteiger partial charge in [-0.25, -0.2) is 0 Å². The van der Waals surface area contributed by atoms with Crippen molar-refractivity contribution >= 4 is 35.9 Å². The monoisotopic (exact) mass is 437 g/mol. The summed E-state index contributed by atoms with van der Waals surface area (Å²) < 4.78 is 4.92. The first-order chi connectivity index (χ1) is 10.5. The molecule has 0 amide bonds. The van der Waals surface area contributed by atoms with Crippen LogP contribution in [0.25, 0.3) is 0 Å². The summed E-state index contributed by atoms with van der Waals surface area (Å²) in [7, 11) is 3.29. The van der Waals surface area contributed by atoms with Gasteiger partial charge in [-0.2, -0.15) is 0 Å². The van der Waals surface area contributed by atoms with E-state index in [2.05, 4.69) is 29.1 Å². The topological polar surface area (TPSA) is 53.9 Å². The Morgan fingerprint density at radius 3 is 2.52 bits per heavy atom. The van der Waals surface area contributed by atoms with Crippen molar-refractivity contribution in [2.75, 3.05) is 33.8 Å². The molecule has 1 saturated carbocycles. The second-order valence-corrected chi connectivity index (χ2v) is 6.97. The van der Waals surface area contributed by atoms with Gasteiger partial charge in [0.25, 0.3) is 0 Å². The van der Waals surface area contributed by atoms with Crippen LogP contribution < -0.4 is 5.32 Å². The van der Waals surface area contributed by atoms with Crippen molar-refractivity contribution in [1.82, 2.24) is 10.2 Å². The lowest BCUT2D eigenvalue weighted by Gasteiger charge is -2.30. The van der Waals surface area contributed by atoms with E-state index in [1.54, 1.807) is 0 Å². The van der Waals surface area contributed by atoms with E-state index >= 15 is 0 Å². The smallest absolute Gasteiger partial charge is 0.310 e. The molecule has 2 unspecified atom stereocenters. The Morgan fingerprint density at radius 1 is 1.35 bits per heavy atom. The quantitative estimate of drug-likeness (QED) is 0.318. The van der Waals surface area contributed by atoms with E-state index < -0.39 is 0 Å². The van der Waals surface area contributed by atoms with Gasteiger partial charge in [0.2, 0.25) is 0 Å². The third-order valence-electron chi connectivity index (χ3n) is 5.66. The van der Waals surface area contributed by atoms with Crippen molar-refractivity contribution < 1.29 is 9.53 Å². The number of halogens is 1. The molecule has 0 aromatic carbocycles. The molecule has 2 rings (SSSR count). The zero-order valence-corrected chi connectivity index (χ0v) is 17.3. The standard InChI is InChI=1S/C17H31N3O2.HI/c1-5-17(8-6-7-9-17)12-19-16(18-3)20-10-13(2)14(11-20)15(21)22-4;/h13-14H,5-12H2,1-4H3,(H,18,19);1H. The van der Waals surface area contributed by atoms with Crippen molar-refractivity contribution in [2.24, 2.45) is 22.2 Å². The van der Waals surface area contributed by atoms with Crippen LogP contribution in [0.15, 0.2) is 4.99 Å². The highest BCUT2D eigenvalue weighted by molar-refractivity contribution is 14.0. The molecular formula is C17H32IN3O2. The molecule has 1 aliphatic carbocycles. The highest BCUT2D eigenvalue weighted by atomic mass is 127. The number of guanidine groups is 1. The van der Waals surface area contributed by atoms with Gasteiger partial charge in [-0.1, -0.05) is 26.7 Å². The Bertz CT molecular complexity index is 422. The number of hydrogen-bond acceptors (Lipinski definition) is 3. The minimum Gasteiger partial charge on any atom is -0.469 e. The predicted octanol–water partition coefficient (Wildman–Crippen LogP) is 2.89. The second-order valence-electron chi connectivity index (χ2n) is 6.97. The highest BCUT2D eigenvalue weighted by Gasteiger charge is 2.38. The Balaban J connectivity index is 0.00000264. The fourth-order valence-corrected chi connectivity index (χ4v) is 3.98. The molecule has 2 fully saturated rings. The summed E-state index contributed by atoms with van der Waals surface area (Å²) in [5.41, 5.74) is 0.434. The average molecular weight is 437 g/mol. The van der Waals surface area contributed by atoms with Crippen molar-refractivity contribution in [3.05, 3.63) is 0 Å². The molecule has 6 heteroatoms. The van der Waals surface area contributed by atoms with Gasteiger partial charge in [0.1, 0.15) is 0 Å². The third kappa shape index (κ3) is 4.73. The summed E-state index contributed by atoms with van der Waals surface area (Å²) in [6.45, 7) is 6.95. The molecule has 1 N–H and O–H groups in total. The number of rotatable bonds is 4. The van der Waals surface area contributed by atoms with Crippen molar-refractivity contribution in [3.8, 4) is 0 Å². The molecule has 1 heterocycles. The lowest BCUT2D eigenvalue weighted by atomic mass is 9.83. The molecule has 23 heavy (non-hydrogen) atoms. The van der Waals surface area contributed by atoms with Gasteiger partial charge in [-0.15, -0.1) is 24.0 Å². The number of likely N-dealkylation sites (tertiary alicyclic amines) is 1. The Labute approximate surface area is 157 Å². The van der Waals surface area contributed by atoms with Crippen LogP contribution in [0, 0.1) is 17.3 Å². The van der Waals surface area contributed by atoms with Gasteiger partial charge >= 0.3 is 5.97 Å².